The van der Waals surface area contributed by atoms with Crippen LogP contribution in [0, 0.1) is 6.92 Å². The van der Waals surface area contributed by atoms with Crippen LogP contribution in [0.15, 0.2) is 34.9 Å². The van der Waals surface area contributed by atoms with Crippen LogP contribution >= 0.6 is 0 Å². The minimum Gasteiger partial charge on any atom is -0.467 e. The summed E-state index contributed by atoms with van der Waals surface area (Å²) in [5, 5.41) is 0. The van der Waals surface area contributed by atoms with Crippen LogP contribution in [0.1, 0.15) is 34.9 Å². The quantitative estimate of drug-likeness (QED) is 0.912. The molecule has 0 spiro atoms. The van der Waals surface area contributed by atoms with Gasteiger partial charge in [0.05, 0.1) is 12.3 Å². The molecule has 1 aromatic heterocycles. The van der Waals surface area contributed by atoms with Crippen molar-refractivity contribution in [1.82, 2.24) is 0 Å². The first-order valence-corrected chi connectivity index (χ1v) is 6.77. The molecule has 1 atom stereocenters. The lowest BCUT2D eigenvalue weighted by Gasteiger charge is -2.26. The lowest BCUT2D eigenvalue weighted by Crippen LogP contribution is -2.31. The number of fused-ring (bicyclic) bond motifs is 1. The smallest absolute Gasteiger partial charge is 0.227 e. The Morgan fingerprint density at radius 1 is 1.30 bits per heavy atom. The molecular formula is C16H18N2O2. The van der Waals surface area contributed by atoms with Crippen molar-refractivity contribution in [2.45, 2.75) is 25.8 Å². The molecule has 2 N–H and O–H groups in total. The van der Waals surface area contributed by atoms with Gasteiger partial charge in [0.1, 0.15) is 5.76 Å². The molecule has 1 aliphatic rings. The van der Waals surface area contributed by atoms with Gasteiger partial charge in [0.25, 0.3) is 0 Å². The van der Waals surface area contributed by atoms with Crippen LogP contribution in [0.4, 0.5) is 5.69 Å². The van der Waals surface area contributed by atoms with Crippen molar-refractivity contribution in [2.75, 3.05) is 11.9 Å². The Morgan fingerprint density at radius 2 is 2.10 bits per heavy atom. The summed E-state index contributed by atoms with van der Waals surface area (Å²) in [4.78, 5) is 13.4. The standard InChI is InChI=1S/C16H18N2O2/c1-10-7-8-20-16(10)15(17)12-3-5-13-11(9-12)4-6-14(19)18(13)2/h3,5,7-9,15H,4,6,17H2,1-2H3. The van der Waals surface area contributed by atoms with E-state index in [-0.39, 0.29) is 11.9 Å². The zero-order valence-corrected chi connectivity index (χ0v) is 11.7. The van der Waals surface area contributed by atoms with E-state index >= 15 is 0 Å². The summed E-state index contributed by atoms with van der Waals surface area (Å²) in [5.74, 6) is 0.960. The van der Waals surface area contributed by atoms with E-state index in [1.165, 1.54) is 5.56 Å². The third-order valence-electron chi connectivity index (χ3n) is 3.99. The second-order valence-corrected chi connectivity index (χ2v) is 5.29. The molecule has 0 radical (unpaired) electrons. The summed E-state index contributed by atoms with van der Waals surface area (Å²) in [6.45, 7) is 1.99. The molecule has 0 saturated heterocycles. The van der Waals surface area contributed by atoms with E-state index in [4.69, 9.17) is 10.2 Å². The van der Waals surface area contributed by atoms with Crippen LogP contribution in [-0.2, 0) is 11.2 Å². The maximum Gasteiger partial charge on any atom is 0.227 e. The number of nitrogens with two attached hydrogens (primary N) is 1. The van der Waals surface area contributed by atoms with Gasteiger partial charge >= 0.3 is 0 Å². The highest BCUT2D eigenvalue weighted by atomic mass is 16.3. The molecule has 3 rings (SSSR count). The van der Waals surface area contributed by atoms with E-state index in [0.29, 0.717) is 6.42 Å². The summed E-state index contributed by atoms with van der Waals surface area (Å²) >= 11 is 0. The van der Waals surface area contributed by atoms with Gasteiger partial charge in [-0.25, -0.2) is 0 Å². The van der Waals surface area contributed by atoms with Crippen LogP contribution in [0.3, 0.4) is 0 Å². The molecule has 1 aromatic carbocycles. The predicted octanol–water partition coefficient (Wildman–Crippen LogP) is 2.55. The predicted molar refractivity (Wildman–Crippen MR) is 77.6 cm³/mol. The Hall–Kier alpha value is -2.07. The van der Waals surface area contributed by atoms with Gasteiger partial charge in [-0.1, -0.05) is 12.1 Å². The van der Waals surface area contributed by atoms with Gasteiger partial charge in [0, 0.05) is 19.2 Å². The topological polar surface area (TPSA) is 59.5 Å². The molecule has 4 nitrogen and oxygen atoms in total. The number of carbonyl (C=O) groups is 1. The van der Waals surface area contributed by atoms with Crippen molar-refractivity contribution >= 4 is 11.6 Å². The van der Waals surface area contributed by atoms with Gasteiger partial charge in [0.2, 0.25) is 5.91 Å². The molecule has 104 valence electrons. The number of rotatable bonds is 2. The average Bonchev–Trinajstić information content (AvgIpc) is 2.88. The Kier molecular flexibility index (Phi) is 3.10. The van der Waals surface area contributed by atoms with Crippen molar-refractivity contribution in [3.63, 3.8) is 0 Å². The molecule has 1 unspecified atom stereocenters. The minimum absolute atomic E-state index is 0.163. The maximum absolute atomic E-state index is 11.7. The number of nitrogens with zero attached hydrogens (tertiary/aromatic N) is 1. The molecule has 1 amide bonds. The average molecular weight is 270 g/mol. The Balaban J connectivity index is 1.97. The first-order chi connectivity index (χ1) is 9.58. The zero-order valence-electron chi connectivity index (χ0n) is 11.7. The van der Waals surface area contributed by atoms with E-state index in [2.05, 4.69) is 6.07 Å². The molecule has 0 aliphatic carbocycles. The monoisotopic (exact) mass is 270 g/mol. The van der Waals surface area contributed by atoms with E-state index < -0.39 is 0 Å². The molecule has 0 bridgehead atoms. The lowest BCUT2D eigenvalue weighted by molar-refractivity contribution is -0.118. The van der Waals surface area contributed by atoms with Gasteiger partial charge in [-0.3, -0.25) is 4.79 Å². The second kappa shape index (κ2) is 4.80. The Bertz CT molecular complexity index is 660. The van der Waals surface area contributed by atoms with E-state index in [0.717, 1.165) is 29.0 Å². The van der Waals surface area contributed by atoms with Crippen molar-refractivity contribution in [3.8, 4) is 0 Å². The molecule has 20 heavy (non-hydrogen) atoms. The Labute approximate surface area is 118 Å². The highest BCUT2D eigenvalue weighted by molar-refractivity contribution is 5.95. The normalized spacial score (nSPS) is 16.1. The van der Waals surface area contributed by atoms with Crippen molar-refractivity contribution < 1.29 is 9.21 Å². The molecule has 2 aromatic rings. The molecule has 2 heterocycles. The number of amides is 1. The summed E-state index contributed by atoms with van der Waals surface area (Å²) in [7, 11) is 1.82. The van der Waals surface area contributed by atoms with Gasteiger partial charge < -0.3 is 15.1 Å². The fourth-order valence-corrected chi connectivity index (χ4v) is 2.72. The Morgan fingerprint density at radius 3 is 2.80 bits per heavy atom. The third kappa shape index (κ3) is 2.02. The number of anilines is 1. The number of furan rings is 1. The number of aryl methyl sites for hydroxylation is 2. The molecule has 0 saturated carbocycles. The van der Waals surface area contributed by atoms with Crippen molar-refractivity contribution in [1.29, 1.82) is 0 Å². The van der Waals surface area contributed by atoms with E-state index in [9.17, 15) is 4.79 Å². The molecular weight excluding hydrogens is 252 g/mol. The molecule has 4 heteroatoms. The number of hydrogen-bond acceptors (Lipinski definition) is 3. The fraction of sp³-hybridized carbons (Fsp3) is 0.312. The van der Waals surface area contributed by atoms with Crippen LogP contribution in [-0.4, -0.2) is 13.0 Å². The summed E-state index contributed by atoms with van der Waals surface area (Å²) in [6.07, 6.45) is 2.99. The summed E-state index contributed by atoms with van der Waals surface area (Å²) in [5.41, 5.74) is 10.5. The van der Waals surface area contributed by atoms with Gasteiger partial charge in [-0.2, -0.15) is 0 Å². The van der Waals surface area contributed by atoms with E-state index in [1.807, 2.05) is 32.2 Å². The first-order valence-electron chi connectivity index (χ1n) is 6.77. The highest BCUT2D eigenvalue weighted by Gasteiger charge is 2.22. The third-order valence-corrected chi connectivity index (χ3v) is 3.99. The van der Waals surface area contributed by atoms with E-state index in [1.54, 1.807) is 11.2 Å². The van der Waals surface area contributed by atoms with Crippen molar-refractivity contribution in [3.05, 3.63) is 53.0 Å². The first kappa shape index (κ1) is 12.9. The van der Waals surface area contributed by atoms with Gasteiger partial charge in [0.15, 0.2) is 0 Å². The van der Waals surface area contributed by atoms with Crippen molar-refractivity contribution in [2.24, 2.45) is 5.73 Å². The number of benzene rings is 1. The van der Waals surface area contributed by atoms with Crippen LogP contribution < -0.4 is 10.6 Å². The highest BCUT2D eigenvalue weighted by Crippen LogP contribution is 2.31. The van der Waals surface area contributed by atoms with Gasteiger partial charge in [-0.05, 0) is 42.2 Å². The molecule has 1 aliphatic heterocycles. The fourth-order valence-electron chi connectivity index (χ4n) is 2.72. The summed E-state index contributed by atoms with van der Waals surface area (Å²) in [6, 6.07) is 7.68. The maximum atomic E-state index is 11.7. The van der Waals surface area contributed by atoms with Crippen LogP contribution in [0.5, 0.6) is 0 Å². The number of carbonyl (C=O) groups excluding carboxylic acids is 1. The van der Waals surface area contributed by atoms with Crippen LogP contribution in [0.2, 0.25) is 0 Å². The molecule has 0 fully saturated rings. The van der Waals surface area contributed by atoms with Gasteiger partial charge in [-0.15, -0.1) is 0 Å². The summed E-state index contributed by atoms with van der Waals surface area (Å²) < 4.78 is 5.47. The zero-order chi connectivity index (χ0) is 14.3. The SMILES string of the molecule is Cc1ccoc1C(N)c1ccc2c(c1)CCC(=O)N2C. The minimum atomic E-state index is -0.266. The lowest BCUT2D eigenvalue weighted by atomic mass is 9.95. The number of hydrogen-bond donors (Lipinski definition) is 1. The van der Waals surface area contributed by atoms with Crippen LogP contribution in [0.25, 0.3) is 0 Å². The largest absolute Gasteiger partial charge is 0.467 e. The second-order valence-electron chi connectivity index (χ2n) is 5.29.